The van der Waals surface area contributed by atoms with Crippen LogP contribution >= 0.6 is 0 Å². The molecule has 0 saturated carbocycles. The molecule has 0 N–H and O–H groups in total. The summed E-state index contributed by atoms with van der Waals surface area (Å²) in [5.41, 5.74) is 0. The quantitative estimate of drug-likeness (QED) is 0.387. The summed E-state index contributed by atoms with van der Waals surface area (Å²) in [6, 6.07) is 0. The van der Waals surface area contributed by atoms with Crippen LogP contribution in [0.5, 0.6) is 0 Å². The molecule has 50 valence electrons. The van der Waals surface area contributed by atoms with E-state index in [2.05, 4.69) is 0 Å². The van der Waals surface area contributed by atoms with Gasteiger partial charge in [-0.25, -0.2) is 0 Å². The van der Waals surface area contributed by atoms with Crippen molar-refractivity contribution in [1.82, 2.24) is 0 Å². The van der Waals surface area contributed by atoms with Crippen molar-refractivity contribution >= 4 is 29.0 Å². The average Bonchev–Trinajstić information content (AvgIpc) is 1.31. The molecule has 0 bridgehead atoms. The van der Waals surface area contributed by atoms with Gasteiger partial charge in [-0.1, -0.05) is 0 Å². The van der Waals surface area contributed by atoms with Crippen molar-refractivity contribution in [3.63, 3.8) is 0 Å². The minimum atomic E-state index is -5.19. The van der Waals surface area contributed by atoms with Crippen molar-refractivity contribution in [3.05, 3.63) is 0 Å². The first-order chi connectivity index (χ1) is 2.94. The molecule has 0 aliphatic heterocycles. The van der Waals surface area contributed by atoms with Gasteiger partial charge in [0.2, 0.25) is 0 Å². The van der Waals surface area contributed by atoms with E-state index >= 15 is 0 Å². The van der Waals surface area contributed by atoms with Gasteiger partial charge >= 0.3 is 29.2 Å². The summed E-state index contributed by atoms with van der Waals surface area (Å²) in [7, 11) is 0. The second-order valence-corrected chi connectivity index (χ2v) is 0.785. The number of hydrogen-bond donors (Lipinski definition) is 0. The van der Waals surface area contributed by atoms with Crippen molar-refractivity contribution in [2.75, 3.05) is 0 Å². The number of alkyl halides is 3. The maximum Gasteiger partial charge on any atom is 2.00 e. The van der Waals surface area contributed by atoms with E-state index in [1.165, 1.54) is 0 Å². The number of rotatable bonds is 0. The molecule has 0 aromatic heterocycles. The Morgan fingerprint density at radius 2 is 1.44 bits per heavy atom. The van der Waals surface area contributed by atoms with Crippen LogP contribution in [0.15, 0.2) is 0 Å². The van der Waals surface area contributed by atoms with Crippen LogP contribution in [-0.2, 0) is 4.79 Å². The summed E-state index contributed by atoms with van der Waals surface area (Å²) in [4.78, 5) is 8.78. The topological polar surface area (TPSA) is 40.1 Å². The first kappa shape index (κ1) is 16.2. The fourth-order valence-corrected chi connectivity index (χ4v) is 0. The van der Waals surface area contributed by atoms with Crippen molar-refractivity contribution in [2.45, 2.75) is 6.18 Å². The summed E-state index contributed by atoms with van der Waals surface area (Å²) >= 11 is 0. The van der Waals surface area contributed by atoms with E-state index in [-0.39, 0.29) is 40.0 Å². The maximum absolute atomic E-state index is 10.5. The number of hydrogen-bond acceptors (Lipinski definition) is 2. The van der Waals surface area contributed by atoms with Crippen LogP contribution in [-0.4, -0.2) is 35.2 Å². The van der Waals surface area contributed by atoms with E-state index in [0.29, 0.717) is 0 Å². The molecule has 0 spiro atoms. The van der Waals surface area contributed by atoms with Crippen LogP contribution in [0.3, 0.4) is 0 Å². The number of carbonyl (C=O) groups is 1. The summed E-state index contributed by atoms with van der Waals surface area (Å²) in [6.07, 6.45) is -5.19. The molecule has 0 unspecified atom stereocenters. The van der Waals surface area contributed by atoms with Gasteiger partial charge in [0.05, 0.1) is 0 Å². The van der Waals surface area contributed by atoms with Gasteiger partial charge in [0.25, 0.3) is 0 Å². The Bertz CT molecular complexity index is 92.3. The molecule has 0 aromatic rings. The molecule has 0 saturated heterocycles. The first-order valence-corrected chi connectivity index (χ1v) is 1.23. The standard InChI is InChI=1S/C2HF3O2.BrH.Mg/c3-2(4,5)1(6)7;;/h(H,6,7);1H;/q;;+2/p-2. The maximum atomic E-state index is 10.5. The number of halogens is 4. The first-order valence-electron chi connectivity index (χ1n) is 1.23. The Balaban J connectivity index is -0.000000180. The number of aliphatic carboxylic acids is 1. The smallest absolute Gasteiger partial charge is 1.00 e. The van der Waals surface area contributed by atoms with Crippen molar-refractivity contribution in [3.8, 4) is 0 Å². The number of carboxylic acid groups (broad SMARTS) is 1. The van der Waals surface area contributed by atoms with E-state index in [1.807, 2.05) is 0 Å². The zero-order valence-electron chi connectivity index (χ0n) is 4.04. The third-order valence-electron chi connectivity index (χ3n) is 0.231. The monoisotopic (exact) mass is 216 g/mol. The molecule has 0 aromatic carbocycles. The fourth-order valence-electron chi connectivity index (χ4n) is 0. The molecule has 0 fully saturated rings. The van der Waals surface area contributed by atoms with Crippen LogP contribution in [0.2, 0.25) is 0 Å². The second kappa shape index (κ2) is 5.30. The predicted octanol–water partition coefficient (Wildman–Crippen LogP) is -4.08. The van der Waals surface area contributed by atoms with Gasteiger partial charge in [0.1, 0.15) is 5.97 Å². The van der Waals surface area contributed by atoms with Gasteiger partial charge in [0.15, 0.2) is 0 Å². The Kier molecular flexibility index (Phi) is 9.58. The van der Waals surface area contributed by atoms with Crippen molar-refractivity contribution in [2.24, 2.45) is 0 Å². The third kappa shape index (κ3) is 8.51. The molecular weight excluding hydrogens is 217 g/mol. The fraction of sp³-hybridized carbons (Fsp3) is 0.500. The molecule has 0 rings (SSSR count). The Morgan fingerprint density at radius 3 is 1.44 bits per heavy atom. The van der Waals surface area contributed by atoms with Gasteiger partial charge in [-0.15, -0.1) is 0 Å². The van der Waals surface area contributed by atoms with Gasteiger partial charge in [-0.05, 0) is 0 Å². The van der Waals surface area contributed by atoms with Gasteiger partial charge in [-0.2, -0.15) is 13.2 Å². The molecule has 0 heterocycles. The molecule has 0 atom stereocenters. The van der Waals surface area contributed by atoms with Gasteiger partial charge in [-0.3, -0.25) is 0 Å². The van der Waals surface area contributed by atoms with E-state index < -0.39 is 12.1 Å². The molecular formula is C2BrF3MgO2. The Labute approximate surface area is 75.3 Å². The zero-order chi connectivity index (χ0) is 6.08. The molecule has 7 heteroatoms. The van der Waals surface area contributed by atoms with Crippen LogP contribution in [0.25, 0.3) is 0 Å². The molecule has 0 amide bonds. The average molecular weight is 217 g/mol. The Morgan fingerprint density at radius 1 is 1.33 bits per heavy atom. The van der Waals surface area contributed by atoms with Crippen LogP contribution in [0.4, 0.5) is 13.2 Å². The van der Waals surface area contributed by atoms with Crippen molar-refractivity contribution < 1.29 is 40.1 Å². The largest absolute Gasteiger partial charge is 2.00 e. The summed E-state index contributed by atoms with van der Waals surface area (Å²) < 4.78 is 31.5. The molecule has 0 radical (unpaired) electrons. The summed E-state index contributed by atoms with van der Waals surface area (Å²) in [6.45, 7) is 0. The normalized spacial score (nSPS) is 8.78. The van der Waals surface area contributed by atoms with E-state index in [4.69, 9.17) is 9.90 Å². The minimum absolute atomic E-state index is 0. The van der Waals surface area contributed by atoms with Crippen LogP contribution in [0, 0.1) is 0 Å². The molecule has 2 nitrogen and oxygen atoms in total. The number of carbonyl (C=O) groups excluding carboxylic acids is 1. The minimum Gasteiger partial charge on any atom is -1.00 e. The number of carboxylic acids is 1. The SMILES string of the molecule is O=C([O-])C(F)(F)F.[Br-].[Mg+2]. The van der Waals surface area contributed by atoms with E-state index in [1.54, 1.807) is 0 Å². The predicted molar refractivity (Wildman–Crippen MR) is 16.8 cm³/mol. The van der Waals surface area contributed by atoms with Gasteiger partial charge in [0, 0.05) is 0 Å². The van der Waals surface area contributed by atoms with Gasteiger partial charge < -0.3 is 26.9 Å². The van der Waals surface area contributed by atoms with Crippen LogP contribution < -0.4 is 22.1 Å². The third-order valence-corrected chi connectivity index (χ3v) is 0.231. The van der Waals surface area contributed by atoms with Crippen LogP contribution in [0.1, 0.15) is 0 Å². The van der Waals surface area contributed by atoms with Crippen molar-refractivity contribution in [1.29, 1.82) is 0 Å². The molecule has 0 aliphatic rings. The van der Waals surface area contributed by atoms with E-state index in [9.17, 15) is 13.2 Å². The van der Waals surface area contributed by atoms with E-state index in [0.717, 1.165) is 0 Å². The zero-order valence-corrected chi connectivity index (χ0v) is 7.04. The second-order valence-electron chi connectivity index (χ2n) is 0.785. The summed E-state index contributed by atoms with van der Waals surface area (Å²) in [5, 5.41) is 8.78. The Hall–Kier alpha value is 0.506. The molecule has 0 aliphatic carbocycles. The summed E-state index contributed by atoms with van der Waals surface area (Å²) in [5.74, 6) is -3.01. The molecule has 9 heavy (non-hydrogen) atoms.